The Morgan fingerprint density at radius 2 is 1.64 bits per heavy atom. The van der Waals surface area contributed by atoms with Gasteiger partial charge in [-0.3, -0.25) is 4.79 Å². The number of hydrogen-bond donors (Lipinski definition) is 4. The summed E-state index contributed by atoms with van der Waals surface area (Å²) in [5.74, 6) is -0.0404. The number of rotatable bonds is 8. The molecule has 13 heteroatoms. The average Bonchev–Trinajstić information content (AvgIpc) is 3.10. The molecule has 0 unspecified atom stereocenters. The molecule has 0 aliphatic carbocycles. The highest BCUT2D eigenvalue weighted by Crippen LogP contribution is 2.29. The molecule has 0 fully saturated rings. The van der Waals surface area contributed by atoms with E-state index >= 15 is 0 Å². The van der Waals surface area contributed by atoms with Crippen molar-refractivity contribution in [2.45, 2.75) is 58.3 Å². The number of urea groups is 2. The van der Waals surface area contributed by atoms with E-state index in [1.807, 2.05) is 13.8 Å². The van der Waals surface area contributed by atoms with Crippen molar-refractivity contribution in [1.82, 2.24) is 9.80 Å². The number of methoxy groups -OCH3 is 1. The van der Waals surface area contributed by atoms with Gasteiger partial charge in [0.25, 0.3) is 5.91 Å². The molecular formula is C37H48FN5O7. The van der Waals surface area contributed by atoms with Crippen LogP contribution in [0.2, 0.25) is 0 Å². The summed E-state index contributed by atoms with van der Waals surface area (Å²) >= 11 is 0. The summed E-state index contributed by atoms with van der Waals surface area (Å²) in [4.78, 5) is 43.4. The zero-order valence-electron chi connectivity index (χ0n) is 29.3. The van der Waals surface area contributed by atoms with Crippen molar-refractivity contribution in [2.75, 3.05) is 56.4 Å². The van der Waals surface area contributed by atoms with Crippen molar-refractivity contribution in [3.63, 3.8) is 0 Å². The molecule has 0 saturated carbocycles. The molecule has 1 heterocycles. The molecule has 50 heavy (non-hydrogen) atoms. The van der Waals surface area contributed by atoms with Crippen LogP contribution < -0.4 is 25.4 Å². The number of aliphatic hydroxyl groups is 1. The Bertz CT molecular complexity index is 1570. The number of halogens is 1. The van der Waals surface area contributed by atoms with Gasteiger partial charge in [-0.05, 0) is 99.8 Å². The number of amides is 5. The molecule has 0 spiro atoms. The zero-order valence-corrected chi connectivity index (χ0v) is 29.3. The number of fused-ring (bicyclic) bond motifs is 1. The SMILES string of the molecule is COc1ccc(NC(=O)N(C)C[C@H]2OCCCC[C@@H](C)Oc3ccc(NC(=O)Nc4ccc(F)cc4)cc3C(=O)N([C@@H](C)CO)C[C@H]2C)cc1. The molecule has 4 rings (SSSR count). The van der Waals surface area contributed by atoms with Gasteiger partial charge in [0.05, 0.1) is 37.5 Å². The third-order valence-corrected chi connectivity index (χ3v) is 8.55. The molecule has 0 aromatic heterocycles. The first-order chi connectivity index (χ1) is 24.0. The molecule has 1 aliphatic heterocycles. The first-order valence-electron chi connectivity index (χ1n) is 16.8. The fraction of sp³-hybridized carbons (Fsp3) is 0.432. The fourth-order valence-corrected chi connectivity index (χ4v) is 5.54. The van der Waals surface area contributed by atoms with Crippen LogP contribution in [0.3, 0.4) is 0 Å². The van der Waals surface area contributed by atoms with E-state index in [-0.39, 0.29) is 43.3 Å². The lowest BCUT2D eigenvalue weighted by Crippen LogP contribution is -2.48. The van der Waals surface area contributed by atoms with Gasteiger partial charge in [0.2, 0.25) is 0 Å². The molecule has 0 radical (unpaired) electrons. The lowest BCUT2D eigenvalue weighted by atomic mass is 10.0. The highest BCUT2D eigenvalue weighted by molar-refractivity contribution is 6.02. The van der Waals surface area contributed by atoms with Gasteiger partial charge in [0.15, 0.2) is 0 Å². The van der Waals surface area contributed by atoms with Crippen LogP contribution in [-0.4, -0.2) is 91.6 Å². The molecule has 270 valence electrons. The van der Waals surface area contributed by atoms with Crippen LogP contribution in [0.15, 0.2) is 66.7 Å². The minimum absolute atomic E-state index is 0.205. The maximum absolute atomic E-state index is 14.4. The number of carbonyl (C=O) groups is 3. The summed E-state index contributed by atoms with van der Waals surface area (Å²) in [6, 6.07) is 15.8. The van der Waals surface area contributed by atoms with Crippen LogP contribution in [0.4, 0.5) is 31.0 Å². The van der Waals surface area contributed by atoms with Crippen LogP contribution in [0.1, 0.15) is 50.4 Å². The number of hydrogen-bond acceptors (Lipinski definition) is 7. The second-order valence-corrected chi connectivity index (χ2v) is 12.6. The molecule has 4 N–H and O–H groups in total. The van der Waals surface area contributed by atoms with Gasteiger partial charge in [0.1, 0.15) is 17.3 Å². The molecule has 0 saturated heterocycles. The average molecular weight is 694 g/mol. The molecule has 1 aliphatic rings. The number of nitrogens with zero attached hydrogens (tertiary/aromatic N) is 2. The highest BCUT2D eigenvalue weighted by Gasteiger charge is 2.31. The lowest BCUT2D eigenvalue weighted by Gasteiger charge is -2.35. The number of anilines is 3. The quantitative estimate of drug-likeness (QED) is 0.213. The Kier molecular flexibility index (Phi) is 13.8. The van der Waals surface area contributed by atoms with Crippen LogP contribution in [0, 0.1) is 11.7 Å². The summed E-state index contributed by atoms with van der Waals surface area (Å²) in [6.45, 7) is 6.26. The fourth-order valence-electron chi connectivity index (χ4n) is 5.54. The first-order valence-corrected chi connectivity index (χ1v) is 16.8. The van der Waals surface area contributed by atoms with Gasteiger partial charge in [-0.15, -0.1) is 0 Å². The van der Waals surface area contributed by atoms with E-state index in [1.54, 1.807) is 73.3 Å². The third kappa shape index (κ3) is 10.8. The van der Waals surface area contributed by atoms with Gasteiger partial charge in [-0.2, -0.15) is 0 Å². The van der Waals surface area contributed by atoms with Gasteiger partial charge < -0.3 is 45.1 Å². The monoisotopic (exact) mass is 693 g/mol. The van der Waals surface area contributed by atoms with Crippen LogP contribution >= 0.6 is 0 Å². The van der Waals surface area contributed by atoms with E-state index in [4.69, 9.17) is 14.2 Å². The Labute approximate surface area is 292 Å². The maximum Gasteiger partial charge on any atom is 0.323 e. The maximum atomic E-state index is 14.4. The van der Waals surface area contributed by atoms with Crippen molar-refractivity contribution in [1.29, 1.82) is 0 Å². The van der Waals surface area contributed by atoms with Crippen molar-refractivity contribution in [3.05, 3.63) is 78.1 Å². The normalized spacial score (nSPS) is 19.2. The van der Waals surface area contributed by atoms with Crippen LogP contribution in [0.5, 0.6) is 11.5 Å². The third-order valence-electron chi connectivity index (χ3n) is 8.55. The minimum atomic E-state index is -0.575. The molecule has 3 aromatic carbocycles. The van der Waals surface area contributed by atoms with Gasteiger partial charge in [-0.1, -0.05) is 6.92 Å². The number of benzene rings is 3. The van der Waals surface area contributed by atoms with Crippen molar-refractivity contribution < 1.29 is 38.1 Å². The highest BCUT2D eigenvalue weighted by atomic mass is 19.1. The van der Waals surface area contributed by atoms with E-state index in [1.165, 1.54) is 24.3 Å². The van der Waals surface area contributed by atoms with Gasteiger partial charge in [-0.25, -0.2) is 14.0 Å². The smallest absolute Gasteiger partial charge is 0.323 e. The van der Waals surface area contributed by atoms with E-state index in [2.05, 4.69) is 16.0 Å². The number of likely N-dealkylation sites (N-methyl/N-ethyl adjacent to an activating group) is 1. The Balaban J connectivity index is 1.56. The van der Waals surface area contributed by atoms with Gasteiger partial charge >= 0.3 is 12.1 Å². The summed E-state index contributed by atoms with van der Waals surface area (Å²) in [6.07, 6.45) is 1.64. The van der Waals surface area contributed by atoms with Crippen molar-refractivity contribution in [2.24, 2.45) is 5.92 Å². The topological polar surface area (TPSA) is 142 Å². The van der Waals surface area contributed by atoms with E-state index in [0.717, 1.165) is 12.8 Å². The second kappa shape index (κ2) is 18.2. The standard InChI is InChI=1S/C37H48FN5O7/c1-24-21-43(25(2)23-44)35(45)32-20-30(40-36(46)39-28-11-9-27(38)10-12-28)15-18-33(32)50-26(3)8-6-7-19-49-34(24)22-42(4)37(47)41-29-13-16-31(48-5)17-14-29/h9-18,20,24-26,34,44H,6-8,19,21-23H2,1-5H3,(H,41,47)(H2,39,40,46)/t24-,25+,26-,34-/m1/s1. The Hall–Kier alpha value is -4.88. The summed E-state index contributed by atoms with van der Waals surface area (Å²) < 4.78 is 31.1. The van der Waals surface area contributed by atoms with E-state index < -0.39 is 29.9 Å². The predicted octanol–water partition coefficient (Wildman–Crippen LogP) is 6.44. The predicted molar refractivity (Wildman–Crippen MR) is 191 cm³/mol. The first kappa shape index (κ1) is 37.9. The van der Waals surface area contributed by atoms with Gasteiger partial charge in [0, 0.05) is 49.7 Å². The Morgan fingerprint density at radius 3 is 2.32 bits per heavy atom. The molecule has 0 bridgehead atoms. The molecule has 3 aromatic rings. The number of ether oxygens (including phenoxy) is 3. The molecule has 5 amide bonds. The zero-order chi connectivity index (χ0) is 36.2. The largest absolute Gasteiger partial charge is 0.497 e. The number of carbonyl (C=O) groups excluding carboxylic acids is 3. The number of aliphatic hydroxyl groups excluding tert-OH is 1. The van der Waals surface area contributed by atoms with E-state index in [0.29, 0.717) is 41.6 Å². The Morgan fingerprint density at radius 1 is 1.00 bits per heavy atom. The van der Waals surface area contributed by atoms with Crippen molar-refractivity contribution in [3.8, 4) is 11.5 Å². The van der Waals surface area contributed by atoms with Crippen LogP contribution in [0.25, 0.3) is 0 Å². The summed E-state index contributed by atoms with van der Waals surface area (Å²) in [5.41, 5.74) is 1.57. The summed E-state index contributed by atoms with van der Waals surface area (Å²) in [5, 5.41) is 18.5. The second-order valence-electron chi connectivity index (χ2n) is 12.6. The van der Waals surface area contributed by atoms with E-state index in [9.17, 15) is 23.9 Å². The van der Waals surface area contributed by atoms with Crippen molar-refractivity contribution >= 4 is 35.0 Å². The minimum Gasteiger partial charge on any atom is -0.497 e. The number of nitrogens with one attached hydrogen (secondary N) is 3. The molecule has 4 atom stereocenters. The van der Waals surface area contributed by atoms with Crippen LogP contribution in [-0.2, 0) is 4.74 Å². The molecular weight excluding hydrogens is 645 g/mol. The lowest BCUT2D eigenvalue weighted by molar-refractivity contribution is -0.0115. The molecule has 12 nitrogen and oxygen atoms in total. The summed E-state index contributed by atoms with van der Waals surface area (Å²) in [7, 11) is 3.27.